The van der Waals surface area contributed by atoms with E-state index in [9.17, 15) is 19.5 Å². The lowest BCUT2D eigenvalue weighted by molar-refractivity contribution is -0.128. The van der Waals surface area contributed by atoms with Crippen LogP contribution in [0.4, 0.5) is 0 Å². The summed E-state index contributed by atoms with van der Waals surface area (Å²) in [4.78, 5) is 35.5. The van der Waals surface area contributed by atoms with Crippen molar-refractivity contribution in [3.63, 3.8) is 0 Å². The van der Waals surface area contributed by atoms with Crippen molar-refractivity contribution in [2.45, 2.75) is 50.4 Å². The summed E-state index contributed by atoms with van der Waals surface area (Å²) >= 11 is 0. The fourth-order valence-corrected chi connectivity index (χ4v) is 3.62. The minimum absolute atomic E-state index is 0.00219. The van der Waals surface area contributed by atoms with Crippen LogP contribution >= 0.6 is 0 Å². The maximum atomic E-state index is 12.7. The van der Waals surface area contributed by atoms with E-state index in [1.807, 2.05) is 54.6 Å². The van der Waals surface area contributed by atoms with E-state index >= 15 is 0 Å². The van der Waals surface area contributed by atoms with Gasteiger partial charge in [-0.05, 0) is 36.5 Å². The van der Waals surface area contributed by atoms with Crippen LogP contribution in [0.25, 0.3) is 11.1 Å². The molecular formula is C23H28N4O4. The van der Waals surface area contributed by atoms with Gasteiger partial charge in [0.25, 0.3) is 0 Å². The van der Waals surface area contributed by atoms with Crippen molar-refractivity contribution in [3.05, 3.63) is 60.2 Å². The molecule has 2 unspecified atom stereocenters. The number of benzene rings is 2. The van der Waals surface area contributed by atoms with Crippen LogP contribution in [0.3, 0.4) is 0 Å². The maximum Gasteiger partial charge on any atom is 0.246 e. The van der Waals surface area contributed by atoms with Gasteiger partial charge in [-0.25, -0.2) is 10.9 Å². The summed E-state index contributed by atoms with van der Waals surface area (Å²) in [6.45, 7) is 1.46. The largest absolute Gasteiger partial charge is 0.383 e. The highest BCUT2D eigenvalue weighted by Crippen LogP contribution is 2.20. The Labute approximate surface area is 181 Å². The van der Waals surface area contributed by atoms with Gasteiger partial charge in [-0.3, -0.25) is 14.4 Å². The number of carbonyl (C=O) groups excluding carboxylic acids is 3. The summed E-state index contributed by atoms with van der Waals surface area (Å²) in [5.74, 6) is -1.20. The topological polar surface area (TPSA) is 134 Å². The second-order valence-corrected chi connectivity index (χ2v) is 7.87. The standard InChI is InChI=1S/C23H28N4O4/c1-14(28)19-13-20(27-26-19)23(31)25-18(12-21(29)22(24)30)11-15-7-9-17(10-8-15)16-5-3-2-4-6-16/h2-10,18-21,26-27,29H,11-13H2,1H3,(H2,24,30)(H,25,31)/t18-,19?,20?,21-/m1/s1. The van der Waals surface area contributed by atoms with Gasteiger partial charge in [0, 0.05) is 12.5 Å². The Hall–Kier alpha value is -3.07. The third kappa shape index (κ3) is 6.21. The minimum Gasteiger partial charge on any atom is -0.383 e. The number of hydrogen-bond acceptors (Lipinski definition) is 6. The number of rotatable bonds is 9. The fourth-order valence-electron chi connectivity index (χ4n) is 3.62. The Morgan fingerprint density at radius 1 is 1.03 bits per heavy atom. The number of nitrogens with one attached hydrogen (secondary N) is 3. The summed E-state index contributed by atoms with van der Waals surface area (Å²) in [6, 6.07) is 16.4. The highest BCUT2D eigenvalue weighted by molar-refractivity contribution is 5.87. The van der Waals surface area contributed by atoms with Gasteiger partial charge in [0.2, 0.25) is 11.8 Å². The predicted molar refractivity (Wildman–Crippen MR) is 116 cm³/mol. The van der Waals surface area contributed by atoms with Gasteiger partial charge in [0.15, 0.2) is 0 Å². The van der Waals surface area contributed by atoms with E-state index in [4.69, 9.17) is 5.73 Å². The van der Waals surface area contributed by atoms with E-state index in [2.05, 4.69) is 16.2 Å². The number of carbonyl (C=O) groups is 3. The van der Waals surface area contributed by atoms with Crippen LogP contribution in [-0.2, 0) is 20.8 Å². The Morgan fingerprint density at radius 2 is 1.65 bits per heavy atom. The van der Waals surface area contributed by atoms with Crippen molar-refractivity contribution in [1.29, 1.82) is 0 Å². The first-order valence-electron chi connectivity index (χ1n) is 10.3. The lowest BCUT2D eigenvalue weighted by Gasteiger charge is -2.22. The average Bonchev–Trinajstić information content (AvgIpc) is 3.25. The highest BCUT2D eigenvalue weighted by Gasteiger charge is 2.33. The molecule has 1 aliphatic rings. The van der Waals surface area contributed by atoms with Crippen LogP contribution in [0.5, 0.6) is 0 Å². The van der Waals surface area contributed by atoms with Crippen LogP contribution in [-0.4, -0.2) is 46.9 Å². The van der Waals surface area contributed by atoms with Crippen LogP contribution in [0.1, 0.15) is 25.3 Å². The smallest absolute Gasteiger partial charge is 0.246 e. The molecule has 1 heterocycles. The van der Waals surface area contributed by atoms with E-state index < -0.39 is 30.1 Å². The van der Waals surface area contributed by atoms with E-state index in [1.54, 1.807) is 0 Å². The Bertz CT molecular complexity index is 917. The second-order valence-electron chi connectivity index (χ2n) is 7.87. The molecule has 8 nitrogen and oxygen atoms in total. The van der Waals surface area contributed by atoms with Gasteiger partial charge in [-0.15, -0.1) is 0 Å². The summed E-state index contributed by atoms with van der Waals surface area (Å²) < 4.78 is 0. The lowest BCUT2D eigenvalue weighted by Crippen LogP contribution is -2.49. The normalized spacial score (nSPS) is 20.1. The molecule has 0 aliphatic carbocycles. The second kappa shape index (κ2) is 10.3. The van der Waals surface area contributed by atoms with Gasteiger partial charge in [0.05, 0.1) is 6.04 Å². The van der Waals surface area contributed by atoms with Crippen molar-refractivity contribution in [1.82, 2.24) is 16.2 Å². The molecule has 2 aromatic rings. The van der Waals surface area contributed by atoms with E-state index in [0.29, 0.717) is 12.8 Å². The number of primary amides is 1. The molecule has 2 amide bonds. The molecular weight excluding hydrogens is 396 g/mol. The number of Topliss-reactive ketones (excluding diaryl/α,β-unsaturated/α-hetero) is 1. The predicted octanol–water partition coefficient (Wildman–Crippen LogP) is 0.441. The molecule has 31 heavy (non-hydrogen) atoms. The van der Waals surface area contributed by atoms with Crippen molar-refractivity contribution >= 4 is 17.6 Å². The average molecular weight is 425 g/mol. The first-order chi connectivity index (χ1) is 14.8. The first kappa shape index (κ1) is 22.6. The zero-order chi connectivity index (χ0) is 22.4. The van der Waals surface area contributed by atoms with E-state index in [-0.39, 0.29) is 18.1 Å². The Morgan fingerprint density at radius 3 is 2.23 bits per heavy atom. The summed E-state index contributed by atoms with van der Waals surface area (Å²) in [5, 5.41) is 12.8. The summed E-state index contributed by atoms with van der Waals surface area (Å²) in [5.41, 5.74) is 13.9. The summed E-state index contributed by atoms with van der Waals surface area (Å²) in [6.07, 6.45) is -0.620. The van der Waals surface area contributed by atoms with Gasteiger partial charge >= 0.3 is 0 Å². The zero-order valence-electron chi connectivity index (χ0n) is 17.4. The van der Waals surface area contributed by atoms with Crippen LogP contribution in [0, 0.1) is 0 Å². The number of amides is 2. The molecule has 0 radical (unpaired) electrons. The molecule has 1 fully saturated rings. The lowest BCUT2D eigenvalue weighted by atomic mass is 9.97. The maximum absolute atomic E-state index is 12.7. The molecule has 0 spiro atoms. The molecule has 1 aliphatic heterocycles. The molecule has 0 saturated carbocycles. The van der Waals surface area contributed by atoms with Crippen molar-refractivity contribution < 1.29 is 19.5 Å². The molecule has 164 valence electrons. The van der Waals surface area contributed by atoms with Crippen LogP contribution < -0.4 is 21.9 Å². The number of nitrogens with two attached hydrogens (primary N) is 1. The third-order valence-electron chi connectivity index (χ3n) is 5.44. The van der Waals surface area contributed by atoms with Gasteiger partial charge in [-0.2, -0.15) is 0 Å². The Balaban J connectivity index is 1.68. The molecule has 1 saturated heterocycles. The number of hydrazine groups is 1. The number of ketones is 1. The van der Waals surface area contributed by atoms with Gasteiger partial charge in [0.1, 0.15) is 17.9 Å². The van der Waals surface area contributed by atoms with Crippen molar-refractivity contribution in [2.24, 2.45) is 5.73 Å². The molecule has 6 N–H and O–H groups in total. The number of aliphatic hydroxyl groups is 1. The van der Waals surface area contributed by atoms with Crippen molar-refractivity contribution in [3.8, 4) is 11.1 Å². The van der Waals surface area contributed by atoms with E-state index in [0.717, 1.165) is 16.7 Å². The molecule has 2 aromatic carbocycles. The van der Waals surface area contributed by atoms with Gasteiger partial charge < -0.3 is 16.2 Å². The zero-order valence-corrected chi connectivity index (χ0v) is 17.4. The first-order valence-corrected chi connectivity index (χ1v) is 10.3. The molecule has 0 aromatic heterocycles. The van der Waals surface area contributed by atoms with Crippen molar-refractivity contribution in [2.75, 3.05) is 0 Å². The number of aliphatic hydroxyl groups excluding tert-OH is 1. The minimum atomic E-state index is -1.37. The molecule has 8 heteroatoms. The summed E-state index contributed by atoms with van der Waals surface area (Å²) in [7, 11) is 0. The number of hydrogen-bond donors (Lipinski definition) is 5. The monoisotopic (exact) mass is 424 g/mol. The molecule has 3 rings (SSSR count). The quantitative estimate of drug-likeness (QED) is 0.397. The Kier molecular flexibility index (Phi) is 7.51. The third-order valence-corrected chi connectivity index (χ3v) is 5.44. The highest BCUT2D eigenvalue weighted by atomic mass is 16.3. The van der Waals surface area contributed by atoms with Gasteiger partial charge in [-0.1, -0.05) is 54.6 Å². The van der Waals surface area contributed by atoms with E-state index in [1.165, 1.54) is 6.92 Å². The molecule has 4 atom stereocenters. The fraction of sp³-hybridized carbons (Fsp3) is 0.348. The SMILES string of the molecule is CC(=O)C1CC(C(=O)N[C@H](Cc2ccc(-c3ccccc3)cc2)C[C@@H](O)C(N)=O)NN1. The van der Waals surface area contributed by atoms with Crippen LogP contribution in [0.2, 0.25) is 0 Å². The molecule has 0 bridgehead atoms. The van der Waals surface area contributed by atoms with Crippen LogP contribution in [0.15, 0.2) is 54.6 Å².